The Kier molecular flexibility index (Phi) is 3.42. The van der Waals surface area contributed by atoms with Gasteiger partial charge >= 0.3 is 11.9 Å². The first kappa shape index (κ1) is 14.3. The lowest BCUT2D eigenvalue weighted by Crippen LogP contribution is -2.39. The Morgan fingerprint density at radius 2 is 1.55 bits per heavy atom. The van der Waals surface area contributed by atoms with Gasteiger partial charge in [0.2, 0.25) is 5.91 Å². The quantitative estimate of drug-likeness (QED) is 0.715. The van der Waals surface area contributed by atoms with Crippen molar-refractivity contribution >= 4 is 23.5 Å². The number of carboxylic acids is 2. The van der Waals surface area contributed by atoms with Crippen molar-refractivity contribution < 1.29 is 29.3 Å². The van der Waals surface area contributed by atoms with E-state index in [9.17, 15) is 19.5 Å². The smallest absolute Gasteiger partial charge is 0.335 e. The van der Waals surface area contributed by atoms with E-state index >= 15 is 0 Å². The molecule has 0 unspecified atom stereocenters. The molecule has 22 heavy (non-hydrogen) atoms. The molecule has 1 amide bonds. The predicted molar refractivity (Wildman–Crippen MR) is 74.4 cm³/mol. The van der Waals surface area contributed by atoms with Crippen LogP contribution in [0.25, 0.3) is 0 Å². The zero-order valence-corrected chi connectivity index (χ0v) is 11.3. The van der Waals surface area contributed by atoms with Crippen LogP contribution in [0.1, 0.15) is 10.4 Å². The Bertz CT molecular complexity index is 665. The average Bonchev–Trinajstić information content (AvgIpc) is 3.08. The first-order valence-corrected chi connectivity index (χ1v) is 6.68. The molecule has 0 aromatic heterocycles. The van der Waals surface area contributed by atoms with Gasteiger partial charge in [0.15, 0.2) is 0 Å². The number of anilines is 1. The number of fused-ring (bicyclic) bond motifs is 2. The second kappa shape index (κ2) is 5.27. The molecule has 2 aliphatic heterocycles. The Balaban J connectivity index is 1.75. The third-order valence-corrected chi connectivity index (χ3v) is 3.89. The second-order valence-electron chi connectivity index (χ2n) is 5.21. The molecule has 7 nitrogen and oxygen atoms in total. The molecule has 3 N–H and O–H groups in total. The predicted octanol–water partition coefficient (Wildman–Crippen LogP) is 0.977. The van der Waals surface area contributed by atoms with Crippen molar-refractivity contribution in [3.05, 3.63) is 42.0 Å². The highest BCUT2D eigenvalue weighted by atomic mass is 16.5. The number of ether oxygens (including phenoxy) is 1. The minimum Gasteiger partial charge on any atom is -0.481 e. The molecule has 3 rings (SSSR count). The second-order valence-corrected chi connectivity index (χ2v) is 5.21. The molecule has 2 aliphatic rings. The maximum absolute atomic E-state index is 12.3. The van der Waals surface area contributed by atoms with Crippen molar-refractivity contribution in [2.75, 3.05) is 5.32 Å². The summed E-state index contributed by atoms with van der Waals surface area (Å²) in [5.74, 6) is -4.29. The van der Waals surface area contributed by atoms with Crippen molar-refractivity contribution in [3.63, 3.8) is 0 Å². The maximum Gasteiger partial charge on any atom is 0.335 e. The molecule has 2 heterocycles. The highest BCUT2D eigenvalue weighted by Crippen LogP contribution is 2.39. The van der Waals surface area contributed by atoms with E-state index < -0.39 is 41.9 Å². The molecule has 2 bridgehead atoms. The van der Waals surface area contributed by atoms with Gasteiger partial charge < -0.3 is 20.3 Å². The van der Waals surface area contributed by atoms with Gasteiger partial charge in [-0.15, -0.1) is 0 Å². The van der Waals surface area contributed by atoms with E-state index in [-0.39, 0.29) is 5.56 Å². The molecule has 1 fully saturated rings. The standard InChI is InChI=1S/C15H13NO6/c17-13(16-8-3-1-7(2-4-8)14(18)19)11-9-5-6-10(22-9)12(11)15(20)21/h1-6,9-12H,(H,16,17)(H,18,19)(H,20,21)/t9-,10-,11+,12+/m1/s1. The van der Waals surface area contributed by atoms with Crippen LogP contribution in [-0.4, -0.2) is 40.3 Å². The van der Waals surface area contributed by atoms with Crippen LogP contribution in [0.2, 0.25) is 0 Å². The molecule has 4 atom stereocenters. The molecule has 0 saturated carbocycles. The number of benzene rings is 1. The number of amides is 1. The van der Waals surface area contributed by atoms with Crippen LogP contribution < -0.4 is 5.32 Å². The van der Waals surface area contributed by atoms with Gasteiger partial charge in [-0.25, -0.2) is 4.79 Å². The summed E-state index contributed by atoms with van der Waals surface area (Å²) in [5.41, 5.74) is 0.512. The van der Waals surface area contributed by atoms with Crippen molar-refractivity contribution in [2.24, 2.45) is 11.8 Å². The van der Waals surface area contributed by atoms with E-state index in [1.54, 1.807) is 12.2 Å². The largest absolute Gasteiger partial charge is 0.481 e. The molecular weight excluding hydrogens is 290 g/mol. The van der Waals surface area contributed by atoms with E-state index in [0.29, 0.717) is 5.69 Å². The maximum atomic E-state index is 12.3. The monoisotopic (exact) mass is 303 g/mol. The van der Waals surface area contributed by atoms with Crippen LogP contribution in [-0.2, 0) is 14.3 Å². The summed E-state index contributed by atoms with van der Waals surface area (Å²) >= 11 is 0. The molecule has 0 spiro atoms. The van der Waals surface area contributed by atoms with Crippen molar-refractivity contribution in [3.8, 4) is 0 Å². The van der Waals surface area contributed by atoms with Crippen LogP contribution in [0.5, 0.6) is 0 Å². The lowest BCUT2D eigenvalue weighted by atomic mass is 9.82. The number of carboxylic acid groups (broad SMARTS) is 2. The molecule has 114 valence electrons. The zero-order valence-electron chi connectivity index (χ0n) is 11.3. The van der Waals surface area contributed by atoms with Crippen LogP contribution >= 0.6 is 0 Å². The van der Waals surface area contributed by atoms with E-state index in [4.69, 9.17) is 9.84 Å². The fourth-order valence-electron chi connectivity index (χ4n) is 2.84. The van der Waals surface area contributed by atoms with E-state index in [1.807, 2.05) is 0 Å². The number of hydrogen-bond donors (Lipinski definition) is 3. The number of carbonyl (C=O) groups is 3. The van der Waals surface area contributed by atoms with Gasteiger partial charge in [0, 0.05) is 5.69 Å². The van der Waals surface area contributed by atoms with Crippen molar-refractivity contribution in [1.29, 1.82) is 0 Å². The molecule has 0 aliphatic carbocycles. The minimum absolute atomic E-state index is 0.104. The van der Waals surface area contributed by atoms with Crippen LogP contribution in [0.15, 0.2) is 36.4 Å². The third kappa shape index (κ3) is 2.35. The van der Waals surface area contributed by atoms with Gasteiger partial charge in [-0.1, -0.05) is 12.2 Å². The molecule has 1 saturated heterocycles. The topological polar surface area (TPSA) is 113 Å². The van der Waals surface area contributed by atoms with Crippen LogP contribution in [0.3, 0.4) is 0 Å². The average molecular weight is 303 g/mol. The summed E-state index contributed by atoms with van der Waals surface area (Å²) in [6.45, 7) is 0. The van der Waals surface area contributed by atoms with Crippen molar-refractivity contribution in [2.45, 2.75) is 12.2 Å². The normalized spacial score (nSPS) is 28.5. The lowest BCUT2D eigenvalue weighted by Gasteiger charge is -2.21. The molecular formula is C15H13NO6. The number of carbonyl (C=O) groups excluding carboxylic acids is 1. The van der Waals surface area contributed by atoms with Gasteiger partial charge in [0.1, 0.15) is 5.92 Å². The first-order valence-electron chi connectivity index (χ1n) is 6.68. The summed E-state index contributed by atoms with van der Waals surface area (Å²) < 4.78 is 5.44. The summed E-state index contributed by atoms with van der Waals surface area (Å²) in [6, 6.07) is 5.65. The molecule has 0 radical (unpaired) electrons. The van der Waals surface area contributed by atoms with E-state index in [1.165, 1.54) is 24.3 Å². The Labute approximate surface area is 125 Å². The summed E-state index contributed by atoms with van der Waals surface area (Å²) in [7, 11) is 0. The Hall–Kier alpha value is -2.67. The van der Waals surface area contributed by atoms with Gasteiger partial charge in [-0.3, -0.25) is 9.59 Å². The minimum atomic E-state index is -1.07. The summed E-state index contributed by atoms with van der Waals surface area (Å²) in [5, 5.41) is 20.7. The number of aliphatic carboxylic acids is 1. The fourth-order valence-corrected chi connectivity index (χ4v) is 2.84. The number of nitrogens with one attached hydrogen (secondary N) is 1. The lowest BCUT2D eigenvalue weighted by molar-refractivity contribution is -0.145. The molecule has 1 aromatic rings. The van der Waals surface area contributed by atoms with Gasteiger partial charge in [-0.2, -0.15) is 0 Å². The van der Waals surface area contributed by atoms with Crippen molar-refractivity contribution in [1.82, 2.24) is 0 Å². The van der Waals surface area contributed by atoms with Gasteiger partial charge in [0.05, 0.1) is 23.7 Å². The summed E-state index contributed by atoms with van der Waals surface area (Å²) in [6.07, 6.45) is 2.24. The molecule has 1 aromatic carbocycles. The Morgan fingerprint density at radius 3 is 2.09 bits per heavy atom. The van der Waals surface area contributed by atoms with Gasteiger partial charge in [0.25, 0.3) is 0 Å². The van der Waals surface area contributed by atoms with E-state index in [2.05, 4.69) is 5.32 Å². The highest BCUT2D eigenvalue weighted by Gasteiger charge is 2.53. The SMILES string of the molecule is O=C(O)c1ccc(NC(=O)[C@@H]2[C@@H](C(=O)O)[C@H]3C=C[C@H]2O3)cc1. The first-order chi connectivity index (χ1) is 10.5. The highest BCUT2D eigenvalue weighted by molar-refractivity contribution is 5.97. The Morgan fingerprint density at radius 1 is 0.955 bits per heavy atom. The van der Waals surface area contributed by atoms with Gasteiger partial charge in [-0.05, 0) is 24.3 Å². The van der Waals surface area contributed by atoms with Crippen LogP contribution in [0.4, 0.5) is 5.69 Å². The number of hydrogen-bond acceptors (Lipinski definition) is 4. The zero-order chi connectivity index (χ0) is 15.9. The fraction of sp³-hybridized carbons (Fsp3) is 0.267. The number of rotatable bonds is 4. The molecule has 7 heteroatoms. The third-order valence-electron chi connectivity index (χ3n) is 3.89. The summed E-state index contributed by atoms with van der Waals surface area (Å²) in [4.78, 5) is 34.4. The van der Waals surface area contributed by atoms with E-state index in [0.717, 1.165) is 0 Å². The van der Waals surface area contributed by atoms with Crippen LogP contribution in [0, 0.1) is 11.8 Å². The number of aromatic carboxylic acids is 1.